The number of nitrogens with zero attached hydrogens (tertiary/aromatic N) is 1. The number of nitro groups is 1. The van der Waals surface area contributed by atoms with Crippen molar-refractivity contribution in [3.8, 4) is 5.75 Å². The maximum atomic E-state index is 12.3. The van der Waals surface area contributed by atoms with Crippen LogP contribution in [0.25, 0.3) is 0 Å². The molecule has 0 unspecified atom stereocenters. The van der Waals surface area contributed by atoms with Gasteiger partial charge in [-0.25, -0.2) is 8.42 Å². The van der Waals surface area contributed by atoms with E-state index in [0.29, 0.717) is 4.47 Å². The number of nitrogens with one attached hydrogen (secondary N) is 1. The van der Waals surface area contributed by atoms with Crippen LogP contribution in [0, 0.1) is 10.1 Å². The minimum Gasteiger partial charge on any atom is -0.506 e. The summed E-state index contributed by atoms with van der Waals surface area (Å²) in [6.45, 7) is 0. The van der Waals surface area contributed by atoms with Crippen molar-refractivity contribution in [3.63, 3.8) is 0 Å². The van der Waals surface area contributed by atoms with Crippen LogP contribution >= 0.6 is 27.5 Å². The van der Waals surface area contributed by atoms with Gasteiger partial charge in [-0.1, -0.05) is 27.5 Å². The predicted octanol–water partition coefficient (Wildman–Crippen LogP) is 3.52. The first kappa shape index (κ1) is 16.5. The molecule has 0 aromatic heterocycles. The highest BCUT2D eigenvalue weighted by atomic mass is 79.9. The van der Waals surface area contributed by atoms with E-state index in [9.17, 15) is 23.6 Å². The molecule has 10 heteroatoms. The van der Waals surface area contributed by atoms with Gasteiger partial charge in [-0.3, -0.25) is 14.8 Å². The van der Waals surface area contributed by atoms with E-state index in [1.54, 1.807) is 0 Å². The lowest BCUT2D eigenvalue weighted by Crippen LogP contribution is -2.13. The molecule has 116 valence electrons. The fraction of sp³-hybridized carbons (Fsp3) is 0. The number of aromatic hydroxyl groups is 1. The number of sulfonamides is 1. The number of non-ortho nitro benzene ring substituents is 1. The summed E-state index contributed by atoms with van der Waals surface area (Å²) in [5.74, 6) is -0.442. The van der Waals surface area contributed by atoms with Crippen molar-refractivity contribution in [1.82, 2.24) is 0 Å². The van der Waals surface area contributed by atoms with E-state index in [1.165, 1.54) is 18.2 Å². The van der Waals surface area contributed by atoms with Gasteiger partial charge in [0.25, 0.3) is 15.7 Å². The quantitative estimate of drug-likeness (QED) is 0.458. The van der Waals surface area contributed by atoms with Crippen LogP contribution in [0.1, 0.15) is 0 Å². The molecule has 0 radical (unpaired) electrons. The van der Waals surface area contributed by atoms with E-state index >= 15 is 0 Å². The first-order valence-corrected chi connectivity index (χ1v) is 8.31. The van der Waals surface area contributed by atoms with Crippen LogP contribution in [0.3, 0.4) is 0 Å². The molecule has 0 saturated heterocycles. The minimum atomic E-state index is -4.11. The second-order valence-electron chi connectivity index (χ2n) is 4.14. The average Bonchev–Trinajstić information content (AvgIpc) is 2.40. The van der Waals surface area contributed by atoms with Gasteiger partial charge in [0.2, 0.25) is 0 Å². The number of nitro benzene ring substituents is 1. The van der Waals surface area contributed by atoms with Gasteiger partial charge in [0, 0.05) is 16.6 Å². The Bertz CT molecular complexity index is 857. The van der Waals surface area contributed by atoms with Gasteiger partial charge >= 0.3 is 0 Å². The Labute approximate surface area is 138 Å². The van der Waals surface area contributed by atoms with Crippen molar-refractivity contribution in [2.45, 2.75) is 4.90 Å². The summed E-state index contributed by atoms with van der Waals surface area (Å²) < 4.78 is 27.2. The Balaban J connectivity index is 2.45. The van der Waals surface area contributed by atoms with E-state index in [1.807, 2.05) is 0 Å². The number of hydrogen-bond donors (Lipinski definition) is 2. The average molecular weight is 408 g/mol. The maximum absolute atomic E-state index is 12.3. The molecular weight excluding hydrogens is 400 g/mol. The highest BCUT2D eigenvalue weighted by molar-refractivity contribution is 9.10. The van der Waals surface area contributed by atoms with E-state index in [2.05, 4.69) is 20.7 Å². The number of halogens is 2. The molecule has 22 heavy (non-hydrogen) atoms. The summed E-state index contributed by atoms with van der Waals surface area (Å²) in [5.41, 5.74) is -0.675. The highest BCUT2D eigenvalue weighted by Gasteiger charge is 2.21. The molecule has 2 aromatic carbocycles. The summed E-state index contributed by atoms with van der Waals surface area (Å²) in [6.07, 6.45) is 0. The molecule has 0 aliphatic carbocycles. The van der Waals surface area contributed by atoms with Crippen LogP contribution in [-0.2, 0) is 10.0 Å². The summed E-state index contributed by atoms with van der Waals surface area (Å²) in [4.78, 5) is 9.79. The molecule has 0 heterocycles. The van der Waals surface area contributed by atoms with Crippen molar-refractivity contribution in [1.29, 1.82) is 0 Å². The van der Waals surface area contributed by atoms with E-state index in [4.69, 9.17) is 11.6 Å². The van der Waals surface area contributed by atoms with Gasteiger partial charge in [-0.2, -0.15) is 0 Å². The third kappa shape index (κ3) is 3.49. The SMILES string of the molecule is O=[N+]([O-])c1ccc(O)c(NS(=O)(=O)c2ccc(Br)cc2Cl)c1. The summed E-state index contributed by atoms with van der Waals surface area (Å²) in [7, 11) is -4.11. The van der Waals surface area contributed by atoms with E-state index in [0.717, 1.165) is 18.2 Å². The van der Waals surface area contributed by atoms with E-state index in [-0.39, 0.29) is 21.3 Å². The molecule has 0 spiro atoms. The Morgan fingerprint density at radius 3 is 2.50 bits per heavy atom. The van der Waals surface area contributed by atoms with Crippen LogP contribution in [0.15, 0.2) is 45.8 Å². The highest BCUT2D eigenvalue weighted by Crippen LogP contribution is 2.32. The largest absolute Gasteiger partial charge is 0.506 e. The normalized spacial score (nSPS) is 11.2. The summed E-state index contributed by atoms with van der Waals surface area (Å²) in [6, 6.07) is 7.14. The first-order chi connectivity index (χ1) is 10.2. The second-order valence-corrected chi connectivity index (χ2v) is 7.11. The van der Waals surface area contributed by atoms with Gasteiger partial charge in [0.05, 0.1) is 15.6 Å². The Morgan fingerprint density at radius 1 is 1.23 bits per heavy atom. The third-order valence-electron chi connectivity index (χ3n) is 2.62. The Hall–Kier alpha value is -1.84. The zero-order valence-electron chi connectivity index (χ0n) is 10.7. The molecule has 0 atom stereocenters. The van der Waals surface area contributed by atoms with Crippen LogP contribution in [0.4, 0.5) is 11.4 Å². The van der Waals surface area contributed by atoms with Crippen LogP contribution < -0.4 is 4.72 Å². The van der Waals surface area contributed by atoms with Crippen molar-refractivity contribution in [3.05, 3.63) is 56.0 Å². The molecule has 0 fully saturated rings. The van der Waals surface area contributed by atoms with Crippen LogP contribution in [-0.4, -0.2) is 18.4 Å². The molecule has 0 amide bonds. The molecule has 0 saturated carbocycles. The molecule has 2 rings (SSSR count). The van der Waals surface area contributed by atoms with Crippen LogP contribution in [0.5, 0.6) is 5.75 Å². The fourth-order valence-electron chi connectivity index (χ4n) is 1.61. The van der Waals surface area contributed by atoms with Crippen molar-refractivity contribution in [2.75, 3.05) is 4.72 Å². The number of anilines is 1. The maximum Gasteiger partial charge on any atom is 0.271 e. The molecule has 7 nitrogen and oxygen atoms in total. The lowest BCUT2D eigenvalue weighted by Gasteiger charge is -2.11. The van der Waals surface area contributed by atoms with Gasteiger partial charge < -0.3 is 5.11 Å². The Morgan fingerprint density at radius 2 is 1.91 bits per heavy atom. The smallest absolute Gasteiger partial charge is 0.271 e. The number of phenolic OH excluding ortho intramolecular Hbond substituents is 1. The van der Waals surface area contributed by atoms with Crippen LogP contribution in [0.2, 0.25) is 5.02 Å². The fourth-order valence-corrected chi connectivity index (χ4v) is 3.72. The van der Waals surface area contributed by atoms with Crippen molar-refractivity contribution >= 4 is 48.9 Å². The lowest BCUT2D eigenvalue weighted by atomic mass is 10.2. The molecule has 0 aliphatic heterocycles. The molecular formula is C12H8BrClN2O5S. The number of benzene rings is 2. The van der Waals surface area contributed by atoms with Gasteiger partial charge in [-0.05, 0) is 24.3 Å². The number of rotatable bonds is 4. The topological polar surface area (TPSA) is 110 Å². The molecule has 2 aromatic rings. The lowest BCUT2D eigenvalue weighted by molar-refractivity contribution is -0.384. The van der Waals surface area contributed by atoms with Crippen molar-refractivity contribution < 1.29 is 18.4 Å². The predicted molar refractivity (Wildman–Crippen MR) is 84.7 cm³/mol. The van der Waals surface area contributed by atoms with Gasteiger partial charge in [0.15, 0.2) is 0 Å². The number of phenols is 1. The zero-order valence-corrected chi connectivity index (χ0v) is 13.8. The third-order valence-corrected chi connectivity index (χ3v) is 4.96. The first-order valence-electron chi connectivity index (χ1n) is 5.66. The van der Waals surface area contributed by atoms with E-state index < -0.39 is 20.7 Å². The minimum absolute atomic E-state index is 0.0354. The summed E-state index contributed by atoms with van der Waals surface area (Å²) >= 11 is 9.03. The standard InChI is InChI=1S/C12H8BrClN2O5S/c13-7-1-4-12(9(14)5-7)22(20,21)15-10-6-8(16(18)19)2-3-11(10)17/h1-6,15,17H. The second kappa shape index (κ2) is 6.11. The monoisotopic (exact) mass is 406 g/mol. The summed E-state index contributed by atoms with van der Waals surface area (Å²) in [5, 5.41) is 20.3. The number of hydrogen-bond acceptors (Lipinski definition) is 5. The molecule has 2 N–H and O–H groups in total. The molecule has 0 bridgehead atoms. The zero-order chi connectivity index (χ0) is 16.5. The van der Waals surface area contributed by atoms with Gasteiger partial charge in [0.1, 0.15) is 10.6 Å². The van der Waals surface area contributed by atoms with Crippen molar-refractivity contribution in [2.24, 2.45) is 0 Å². The van der Waals surface area contributed by atoms with Gasteiger partial charge in [-0.15, -0.1) is 0 Å². The molecule has 0 aliphatic rings. The Kier molecular flexibility index (Phi) is 4.59.